The van der Waals surface area contributed by atoms with Crippen molar-refractivity contribution in [3.63, 3.8) is 0 Å². The minimum absolute atomic E-state index is 0.152. The van der Waals surface area contributed by atoms with Gasteiger partial charge >= 0.3 is 0 Å². The van der Waals surface area contributed by atoms with E-state index in [1.165, 1.54) is 11.3 Å². The Bertz CT molecular complexity index is 843. The maximum absolute atomic E-state index is 12.6. The molecule has 1 amide bonds. The Morgan fingerprint density at radius 3 is 2.83 bits per heavy atom. The summed E-state index contributed by atoms with van der Waals surface area (Å²) in [5.41, 5.74) is 2.66. The molecule has 2 heterocycles. The van der Waals surface area contributed by atoms with E-state index in [9.17, 15) is 4.79 Å². The van der Waals surface area contributed by atoms with E-state index >= 15 is 0 Å². The van der Waals surface area contributed by atoms with Crippen LogP contribution in [0.1, 0.15) is 33.5 Å². The number of carbonyl (C=O) groups is 1. The molecule has 0 radical (unpaired) electrons. The maximum atomic E-state index is 12.6. The van der Waals surface area contributed by atoms with E-state index in [1.807, 2.05) is 43.5 Å². The van der Waals surface area contributed by atoms with Crippen LogP contribution in [0.3, 0.4) is 0 Å². The second kappa shape index (κ2) is 7.87. The number of thiazole rings is 1. The first-order chi connectivity index (χ1) is 11.7. The molecule has 0 aliphatic carbocycles. The van der Waals surface area contributed by atoms with Crippen molar-refractivity contribution in [1.82, 2.24) is 15.2 Å². The lowest BCUT2D eigenvalue weighted by Crippen LogP contribution is -2.13. The number of carbonyl (C=O) groups excluding carboxylic acids is 1. The van der Waals surface area contributed by atoms with Gasteiger partial charge in [0.2, 0.25) is 5.13 Å². The molecule has 0 aliphatic rings. The van der Waals surface area contributed by atoms with Gasteiger partial charge in [-0.25, -0.2) is 4.98 Å². The van der Waals surface area contributed by atoms with E-state index in [4.69, 9.17) is 0 Å². The second-order valence-electron chi connectivity index (χ2n) is 5.01. The average molecular weight is 377 g/mol. The van der Waals surface area contributed by atoms with Gasteiger partial charge in [-0.2, -0.15) is 0 Å². The second-order valence-corrected chi connectivity index (χ2v) is 8.15. The normalized spacial score (nSPS) is 10.8. The number of thioether (sulfide) groups is 1. The summed E-state index contributed by atoms with van der Waals surface area (Å²) >= 11 is 4.67. The minimum Gasteiger partial charge on any atom is -0.296 e. The van der Waals surface area contributed by atoms with Gasteiger partial charge in [0.1, 0.15) is 9.35 Å². The van der Waals surface area contributed by atoms with Gasteiger partial charge in [0.05, 0.1) is 0 Å². The summed E-state index contributed by atoms with van der Waals surface area (Å²) in [5.74, 6) is 0.549. The van der Waals surface area contributed by atoms with Gasteiger partial charge in [-0.15, -0.1) is 21.5 Å². The Balaban J connectivity index is 1.71. The molecule has 0 bridgehead atoms. The van der Waals surface area contributed by atoms with Crippen LogP contribution in [-0.4, -0.2) is 21.1 Å². The molecule has 0 saturated heterocycles. The monoisotopic (exact) mass is 376 g/mol. The van der Waals surface area contributed by atoms with Gasteiger partial charge < -0.3 is 0 Å². The molecule has 8 heteroatoms. The summed E-state index contributed by atoms with van der Waals surface area (Å²) in [5, 5.41) is 14.3. The summed E-state index contributed by atoms with van der Waals surface area (Å²) in [6.45, 7) is 3.99. The van der Waals surface area contributed by atoms with E-state index < -0.39 is 0 Å². The zero-order valence-electron chi connectivity index (χ0n) is 13.3. The van der Waals surface area contributed by atoms with Crippen molar-refractivity contribution >= 4 is 45.5 Å². The van der Waals surface area contributed by atoms with E-state index in [2.05, 4.69) is 20.5 Å². The number of benzene rings is 1. The third kappa shape index (κ3) is 4.19. The molecule has 3 aromatic rings. The number of aromatic nitrogens is 3. The highest BCUT2D eigenvalue weighted by Crippen LogP contribution is 2.27. The predicted octanol–water partition coefficient (Wildman–Crippen LogP) is 4.41. The van der Waals surface area contributed by atoms with Crippen LogP contribution in [0.5, 0.6) is 0 Å². The SMILES string of the molecule is CCc1nnc(NC(=O)c2ccccc2CSc2nc(C)cs2)s1. The Hall–Kier alpha value is -1.77. The van der Waals surface area contributed by atoms with Crippen molar-refractivity contribution in [2.45, 2.75) is 30.4 Å². The summed E-state index contributed by atoms with van der Waals surface area (Å²) in [6, 6.07) is 7.62. The first-order valence-corrected chi connectivity index (χ1v) is 10.1. The van der Waals surface area contributed by atoms with Crippen LogP contribution >= 0.6 is 34.4 Å². The molecule has 5 nitrogen and oxygen atoms in total. The average Bonchev–Trinajstić information content (AvgIpc) is 3.22. The zero-order valence-corrected chi connectivity index (χ0v) is 15.7. The highest BCUT2D eigenvalue weighted by Gasteiger charge is 2.14. The predicted molar refractivity (Wildman–Crippen MR) is 100 cm³/mol. The minimum atomic E-state index is -0.152. The number of nitrogens with one attached hydrogen (secondary N) is 1. The van der Waals surface area contributed by atoms with Crippen molar-refractivity contribution in [2.24, 2.45) is 0 Å². The smallest absolute Gasteiger partial charge is 0.257 e. The number of hydrogen-bond donors (Lipinski definition) is 1. The molecule has 124 valence electrons. The number of anilines is 1. The van der Waals surface area contributed by atoms with Crippen molar-refractivity contribution in [1.29, 1.82) is 0 Å². The zero-order chi connectivity index (χ0) is 16.9. The third-order valence-corrected chi connectivity index (χ3v) is 6.37. The highest BCUT2D eigenvalue weighted by atomic mass is 32.2. The maximum Gasteiger partial charge on any atom is 0.257 e. The number of hydrogen-bond acceptors (Lipinski definition) is 7. The largest absolute Gasteiger partial charge is 0.296 e. The van der Waals surface area contributed by atoms with Crippen LogP contribution in [0, 0.1) is 6.92 Å². The third-order valence-electron chi connectivity index (χ3n) is 3.20. The van der Waals surface area contributed by atoms with Crippen molar-refractivity contribution in [3.05, 3.63) is 51.5 Å². The lowest BCUT2D eigenvalue weighted by Gasteiger charge is -2.07. The van der Waals surface area contributed by atoms with Crippen molar-refractivity contribution in [2.75, 3.05) is 5.32 Å². The molecular weight excluding hydrogens is 360 g/mol. The topological polar surface area (TPSA) is 67.8 Å². The van der Waals surface area contributed by atoms with Gasteiger partial charge in [0.25, 0.3) is 5.91 Å². The molecule has 0 spiro atoms. The Morgan fingerprint density at radius 1 is 1.29 bits per heavy atom. The standard InChI is InChI=1S/C16H16N4OS3/c1-3-13-19-20-15(24-13)18-14(21)12-7-5-4-6-11(12)9-23-16-17-10(2)8-22-16/h4-8H,3,9H2,1-2H3,(H,18,20,21). The van der Waals surface area contributed by atoms with Crippen LogP contribution in [0.25, 0.3) is 0 Å². The Labute approximate surface area is 152 Å². The van der Waals surface area contributed by atoms with Gasteiger partial charge in [0.15, 0.2) is 0 Å². The summed E-state index contributed by atoms with van der Waals surface area (Å²) in [7, 11) is 0. The molecule has 0 unspecified atom stereocenters. The van der Waals surface area contributed by atoms with Crippen LogP contribution < -0.4 is 5.32 Å². The van der Waals surface area contributed by atoms with E-state index in [0.717, 1.165) is 27.0 Å². The Morgan fingerprint density at radius 2 is 2.12 bits per heavy atom. The molecule has 1 N–H and O–H groups in total. The number of rotatable bonds is 6. The van der Waals surface area contributed by atoms with E-state index in [1.54, 1.807) is 23.1 Å². The molecule has 2 aromatic heterocycles. The summed E-state index contributed by atoms with van der Waals surface area (Å²) in [4.78, 5) is 17.0. The molecule has 0 atom stereocenters. The summed E-state index contributed by atoms with van der Waals surface area (Å²) < 4.78 is 1.01. The first kappa shape index (κ1) is 17.1. The van der Waals surface area contributed by atoms with Gasteiger partial charge in [0, 0.05) is 22.4 Å². The molecule has 0 aliphatic heterocycles. The molecule has 3 rings (SSSR count). The fourth-order valence-corrected chi connectivity index (χ4v) is 4.55. The van der Waals surface area contributed by atoms with Gasteiger partial charge in [-0.3, -0.25) is 10.1 Å². The quantitative estimate of drug-likeness (QED) is 0.646. The molecule has 24 heavy (non-hydrogen) atoms. The van der Waals surface area contributed by atoms with Crippen LogP contribution in [0.4, 0.5) is 5.13 Å². The lowest BCUT2D eigenvalue weighted by molar-refractivity contribution is 0.102. The van der Waals surface area contributed by atoms with E-state index in [0.29, 0.717) is 16.4 Å². The van der Waals surface area contributed by atoms with E-state index in [-0.39, 0.29) is 5.91 Å². The number of nitrogens with zero attached hydrogens (tertiary/aromatic N) is 3. The van der Waals surface area contributed by atoms with Crippen LogP contribution in [0.15, 0.2) is 34.0 Å². The number of amides is 1. The van der Waals surface area contributed by atoms with Crippen molar-refractivity contribution < 1.29 is 4.79 Å². The Kier molecular flexibility index (Phi) is 5.60. The molecule has 0 fully saturated rings. The number of aryl methyl sites for hydroxylation is 2. The molecule has 0 saturated carbocycles. The van der Waals surface area contributed by atoms with Crippen LogP contribution in [0.2, 0.25) is 0 Å². The fraction of sp³-hybridized carbons (Fsp3) is 0.250. The van der Waals surface area contributed by atoms with Gasteiger partial charge in [-0.1, -0.05) is 48.2 Å². The highest BCUT2D eigenvalue weighted by molar-refractivity contribution is 8.00. The van der Waals surface area contributed by atoms with Crippen LogP contribution in [-0.2, 0) is 12.2 Å². The lowest BCUT2D eigenvalue weighted by atomic mass is 10.1. The first-order valence-electron chi connectivity index (χ1n) is 7.42. The van der Waals surface area contributed by atoms with Crippen molar-refractivity contribution in [3.8, 4) is 0 Å². The molecule has 1 aromatic carbocycles. The summed E-state index contributed by atoms with van der Waals surface area (Å²) in [6.07, 6.45) is 0.813. The fourth-order valence-electron chi connectivity index (χ4n) is 2.02. The molecular formula is C16H16N4OS3. The van der Waals surface area contributed by atoms with Gasteiger partial charge in [-0.05, 0) is 25.0 Å².